The van der Waals surface area contributed by atoms with Crippen molar-refractivity contribution in [2.24, 2.45) is 0 Å². The average Bonchev–Trinajstić information content (AvgIpc) is 3.16. The first-order valence-electron chi connectivity index (χ1n) is 7.13. The lowest BCUT2D eigenvalue weighted by Crippen LogP contribution is -2.14. The fourth-order valence-corrected chi connectivity index (χ4v) is 3.70. The first-order chi connectivity index (χ1) is 11.4. The van der Waals surface area contributed by atoms with Gasteiger partial charge in [-0.05, 0) is 32.0 Å². The predicted octanol–water partition coefficient (Wildman–Crippen LogP) is 2.25. The summed E-state index contributed by atoms with van der Waals surface area (Å²) < 4.78 is 31.2. The van der Waals surface area contributed by atoms with Crippen LogP contribution in [0.1, 0.15) is 12.6 Å². The zero-order valence-electron chi connectivity index (χ0n) is 13.0. The minimum atomic E-state index is -3.81. The van der Waals surface area contributed by atoms with Crippen LogP contribution in [-0.4, -0.2) is 33.0 Å². The molecule has 1 aromatic carbocycles. The SMILES string of the molecule is CCn1nc(-n2cnnc2)c(NS(=O)(=O)c2cccc(Cl)c2)c1C. The first kappa shape index (κ1) is 16.5. The van der Waals surface area contributed by atoms with Crippen molar-refractivity contribution in [2.75, 3.05) is 4.72 Å². The standard InChI is InChI=1S/C14H15ClN6O2S/c1-3-21-10(2)13(14(18-21)20-8-16-17-9-20)19-24(22,23)12-6-4-5-11(15)7-12/h4-9,19H,3H2,1-2H3. The third-order valence-corrected chi connectivity index (χ3v) is 5.08. The second kappa shape index (κ2) is 6.25. The maximum atomic E-state index is 12.7. The van der Waals surface area contributed by atoms with Crippen LogP contribution in [0.4, 0.5) is 5.69 Å². The monoisotopic (exact) mass is 366 g/mol. The lowest BCUT2D eigenvalue weighted by atomic mass is 10.4. The number of sulfonamides is 1. The Hall–Kier alpha value is -2.39. The van der Waals surface area contributed by atoms with Gasteiger partial charge in [0.1, 0.15) is 18.3 Å². The molecule has 0 saturated heterocycles. The minimum Gasteiger partial charge on any atom is -0.274 e. The van der Waals surface area contributed by atoms with Gasteiger partial charge in [-0.15, -0.1) is 10.2 Å². The van der Waals surface area contributed by atoms with Crippen molar-refractivity contribution in [3.63, 3.8) is 0 Å². The topological polar surface area (TPSA) is 94.7 Å². The van der Waals surface area contributed by atoms with Gasteiger partial charge in [-0.1, -0.05) is 17.7 Å². The van der Waals surface area contributed by atoms with E-state index in [0.29, 0.717) is 28.8 Å². The van der Waals surface area contributed by atoms with Crippen molar-refractivity contribution >= 4 is 27.3 Å². The molecule has 0 aliphatic carbocycles. The van der Waals surface area contributed by atoms with Crippen molar-refractivity contribution in [3.8, 4) is 5.82 Å². The van der Waals surface area contributed by atoms with Gasteiger partial charge in [-0.2, -0.15) is 5.10 Å². The van der Waals surface area contributed by atoms with Crippen LogP contribution in [0.2, 0.25) is 5.02 Å². The molecule has 2 aromatic heterocycles. The van der Waals surface area contributed by atoms with Crippen LogP contribution in [0.3, 0.4) is 0 Å². The highest BCUT2D eigenvalue weighted by atomic mass is 35.5. The Morgan fingerprint density at radius 1 is 1.25 bits per heavy atom. The van der Waals surface area contributed by atoms with E-state index < -0.39 is 10.0 Å². The molecular formula is C14H15ClN6O2S. The van der Waals surface area contributed by atoms with Gasteiger partial charge in [-0.25, -0.2) is 8.42 Å². The van der Waals surface area contributed by atoms with Crippen molar-refractivity contribution < 1.29 is 8.42 Å². The highest BCUT2D eigenvalue weighted by molar-refractivity contribution is 7.92. The van der Waals surface area contributed by atoms with Crippen LogP contribution in [0.25, 0.3) is 5.82 Å². The van der Waals surface area contributed by atoms with Gasteiger partial charge in [0, 0.05) is 11.6 Å². The summed E-state index contributed by atoms with van der Waals surface area (Å²) in [6, 6.07) is 6.07. The van der Waals surface area contributed by atoms with E-state index >= 15 is 0 Å². The van der Waals surface area contributed by atoms with Gasteiger partial charge in [0.2, 0.25) is 0 Å². The summed E-state index contributed by atoms with van der Waals surface area (Å²) in [4.78, 5) is 0.0772. The fraction of sp³-hybridized carbons (Fsp3) is 0.214. The summed E-state index contributed by atoms with van der Waals surface area (Å²) in [6.45, 7) is 4.31. The largest absolute Gasteiger partial charge is 0.274 e. The lowest BCUT2D eigenvalue weighted by Gasteiger charge is -2.10. The number of anilines is 1. The molecule has 0 spiro atoms. The Morgan fingerprint density at radius 2 is 1.96 bits per heavy atom. The van der Waals surface area contributed by atoms with Crippen molar-refractivity contribution in [1.82, 2.24) is 24.5 Å². The van der Waals surface area contributed by atoms with E-state index in [1.54, 1.807) is 28.3 Å². The Balaban J connectivity index is 2.08. The van der Waals surface area contributed by atoms with Crippen LogP contribution in [0, 0.1) is 6.92 Å². The smallest absolute Gasteiger partial charge is 0.262 e. The lowest BCUT2D eigenvalue weighted by molar-refractivity contribution is 0.601. The van der Waals surface area contributed by atoms with Crippen LogP contribution in [0.15, 0.2) is 41.8 Å². The molecule has 0 amide bonds. The number of aryl methyl sites for hydroxylation is 1. The average molecular weight is 367 g/mol. The molecule has 0 unspecified atom stereocenters. The molecule has 0 radical (unpaired) electrons. The van der Waals surface area contributed by atoms with Gasteiger partial charge in [-0.3, -0.25) is 14.0 Å². The van der Waals surface area contributed by atoms with E-state index in [1.807, 2.05) is 6.92 Å². The molecule has 0 aliphatic rings. The maximum Gasteiger partial charge on any atom is 0.262 e. The van der Waals surface area contributed by atoms with E-state index in [9.17, 15) is 8.42 Å². The molecule has 1 N–H and O–H groups in total. The number of rotatable bonds is 5. The molecule has 2 heterocycles. The Kier molecular flexibility index (Phi) is 4.29. The van der Waals surface area contributed by atoms with E-state index in [0.717, 1.165) is 0 Å². The normalized spacial score (nSPS) is 11.6. The third-order valence-electron chi connectivity index (χ3n) is 3.49. The van der Waals surface area contributed by atoms with Crippen molar-refractivity contribution in [1.29, 1.82) is 0 Å². The van der Waals surface area contributed by atoms with E-state index in [4.69, 9.17) is 11.6 Å². The maximum absolute atomic E-state index is 12.7. The molecule has 8 nitrogen and oxygen atoms in total. The third kappa shape index (κ3) is 3.00. The minimum absolute atomic E-state index is 0.0772. The fourth-order valence-electron chi connectivity index (χ4n) is 2.28. The van der Waals surface area contributed by atoms with Crippen LogP contribution in [0.5, 0.6) is 0 Å². The summed E-state index contributed by atoms with van der Waals surface area (Å²) in [7, 11) is -3.81. The van der Waals surface area contributed by atoms with Gasteiger partial charge < -0.3 is 0 Å². The zero-order valence-corrected chi connectivity index (χ0v) is 14.6. The molecule has 0 atom stereocenters. The highest BCUT2D eigenvalue weighted by Gasteiger charge is 2.22. The van der Waals surface area contributed by atoms with Crippen LogP contribution >= 0.6 is 11.6 Å². The van der Waals surface area contributed by atoms with E-state index in [2.05, 4.69) is 20.0 Å². The molecule has 3 aromatic rings. The summed E-state index contributed by atoms with van der Waals surface area (Å²) in [5, 5.41) is 12.2. The molecule has 0 saturated carbocycles. The summed E-state index contributed by atoms with van der Waals surface area (Å²) >= 11 is 5.89. The highest BCUT2D eigenvalue weighted by Crippen LogP contribution is 2.27. The Bertz CT molecular complexity index is 965. The second-order valence-electron chi connectivity index (χ2n) is 5.03. The molecular weight excluding hydrogens is 352 g/mol. The Labute approximate surface area is 144 Å². The number of hydrogen-bond donors (Lipinski definition) is 1. The molecule has 3 rings (SSSR count). The molecule has 0 fully saturated rings. The molecule has 0 bridgehead atoms. The van der Waals surface area contributed by atoms with Gasteiger partial charge in [0.25, 0.3) is 10.0 Å². The molecule has 126 valence electrons. The number of halogens is 1. The number of aromatic nitrogens is 5. The quantitative estimate of drug-likeness (QED) is 0.747. The Morgan fingerprint density at radius 3 is 2.58 bits per heavy atom. The van der Waals surface area contributed by atoms with Crippen molar-refractivity contribution in [2.45, 2.75) is 25.3 Å². The number of benzene rings is 1. The molecule has 24 heavy (non-hydrogen) atoms. The van der Waals surface area contributed by atoms with E-state index in [1.165, 1.54) is 24.8 Å². The van der Waals surface area contributed by atoms with Gasteiger partial charge in [0.05, 0.1) is 10.6 Å². The van der Waals surface area contributed by atoms with Crippen LogP contribution in [-0.2, 0) is 16.6 Å². The second-order valence-corrected chi connectivity index (χ2v) is 7.15. The number of nitrogens with zero attached hydrogens (tertiary/aromatic N) is 5. The predicted molar refractivity (Wildman–Crippen MR) is 89.8 cm³/mol. The first-order valence-corrected chi connectivity index (χ1v) is 8.99. The summed E-state index contributed by atoms with van der Waals surface area (Å²) in [5.41, 5.74) is 1.06. The van der Waals surface area contributed by atoms with E-state index in [-0.39, 0.29) is 4.90 Å². The van der Waals surface area contributed by atoms with Crippen LogP contribution < -0.4 is 4.72 Å². The molecule has 10 heteroatoms. The van der Waals surface area contributed by atoms with Crippen molar-refractivity contribution in [3.05, 3.63) is 47.6 Å². The molecule has 0 aliphatic heterocycles. The summed E-state index contributed by atoms with van der Waals surface area (Å²) in [5.74, 6) is 0.407. The van der Waals surface area contributed by atoms with Gasteiger partial charge >= 0.3 is 0 Å². The summed E-state index contributed by atoms with van der Waals surface area (Å²) in [6.07, 6.45) is 2.91. The zero-order chi connectivity index (χ0) is 17.3. The number of nitrogens with one attached hydrogen (secondary N) is 1. The number of hydrogen-bond acceptors (Lipinski definition) is 5. The van der Waals surface area contributed by atoms with Gasteiger partial charge in [0.15, 0.2) is 5.82 Å².